The molecule has 0 radical (unpaired) electrons. The molecule has 0 spiro atoms. The number of hydrogen-bond acceptors (Lipinski definition) is 4. The quantitative estimate of drug-likeness (QED) is 0.204. The zero-order valence-corrected chi connectivity index (χ0v) is 24.2. The van der Waals surface area contributed by atoms with Crippen molar-refractivity contribution in [2.45, 2.75) is 0 Å². The predicted molar refractivity (Wildman–Crippen MR) is 184 cm³/mol. The molecule has 9 rings (SSSR count). The van der Waals surface area contributed by atoms with Gasteiger partial charge in [-0.1, -0.05) is 91.0 Å². The lowest BCUT2D eigenvalue weighted by molar-refractivity contribution is 0.667. The van der Waals surface area contributed by atoms with Gasteiger partial charge in [0.2, 0.25) is 0 Å². The van der Waals surface area contributed by atoms with Crippen LogP contribution in [0.25, 0.3) is 66.1 Å². The Labute approximate surface area is 259 Å². The second-order valence-electron chi connectivity index (χ2n) is 11.2. The van der Waals surface area contributed by atoms with Crippen molar-refractivity contribution in [1.29, 1.82) is 0 Å². The van der Waals surface area contributed by atoms with E-state index in [2.05, 4.69) is 119 Å². The number of aromatic nitrogens is 1. The molecule has 0 aliphatic heterocycles. The molecule has 0 bridgehead atoms. The van der Waals surface area contributed by atoms with Gasteiger partial charge >= 0.3 is 0 Å². The van der Waals surface area contributed by atoms with Gasteiger partial charge in [0.15, 0.2) is 5.58 Å². The second-order valence-corrected chi connectivity index (χ2v) is 11.2. The molecule has 0 fully saturated rings. The first-order valence-electron chi connectivity index (χ1n) is 15.0. The fraction of sp³-hybridized carbons (Fsp3) is 0. The highest BCUT2D eigenvalue weighted by molar-refractivity contribution is 6.12. The van der Waals surface area contributed by atoms with Crippen LogP contribution in [0.2, 0.25) is 0 Å². The maximum Gasteiger partial charge on any atom is 0.154 e. The lowest BCUT2D eigenvalue weighted by Crippen LogP contribution is -2.09. The summed E-state index contributed by atoms with van der Waals surface area (Å²) in [5.41, 5.74) is 11.0. The van der Waals surface area contributed by atoms with Crippen LogP contribution >= 0.6 is 0 Å². The molecule has 0 saturated heterocycles. The highest BCUT2D eigenvalue weighted by Crippen LogP contribution is 2.41. The van der Waals surface area contributed by atoms with Crippen LogP contribution in [-0.4, -0.2) is 4.98 Å². The highest BCUT2D eigenvalue weighted by Gasteiger charge is 2.17. The van der Waals surface area contributed by atoms with E-state index in [1.165, 1.54) is 11.1 Å². The van der Waals surface area contributed by atoms with E-state index in [0.29, 0.717) is 0 Å². The number of para-hydroxylation sites is 2. The molecular formula is C41H26N2O2. The number of anilines is 3. The van der Waals surface area contributed by atoms with Crippen molar-refractivity contribution < 1.29 is 8.83 Å². The van der Waals surface area contributed by atoms with Crippen LogP contribution in [0.3, 0.4) is 0 Å². The van der Waals surface area contributed by atoms with Gasteiger partial charge in [-0.15, -0.1) is 0 Å². The molecule has 0 atom stereocenters. The number of rotatable bonds is 5. The lowest BCUT2D eigenvalue weighted by atomic mass is 10.0. The van der Waals surface area contributed by atoms with Crippen molar-refractivity contribution >= 4 is 60.9 Å². The first kappa shape index (κ1) is 25.4. The van der Waals surface area contributed by atoms with E-state index < -0.39 is 0 Å². The van der Waals surface area contributed by atoms with Gasteiger partial charge in [-0.2, -0.15) is 0 Å². The van der Waals surface area contributed by atoms with Crippen molar-refractivity contribution in [1.82, 2.24) is 4.98 Å². The molecule has 0 aliphatic rings. The van der Waals surface area contributed by atoms with Crippen molar-refractivity contribution in [3.05, 3.63) is 158 Å². The molecule has 0 unspecified atom stereocenters. The zero-order valence-electron chi connectivity index (χ0n) is 24.2. The summed E-state index contributed by atoms with van der Waals surface area (Å²) in [5, 5.41) is 4.40. The van der Waals surface area contributed by atoms with E-state index in [1.54, 1.807) is 6.20 Å². The van der Waals surface area contributed by atoms with E-state index in [9.17, 15) is 0 Å². The highest BCUT2D eigenvalue weighted by atomic mass is 16.3. The Kier molecular flexibility index (Phi) is 5.78. The van der Waals surface area contributed by atoms with Gasteiger partial charge in [-0.25, -0.2) is 0 Å². The number of furan rings is 2. The van der Waals surface area contributed by atoms with Gasteiger partial charge in [0.25, 0.3) is 0 Å². The summed E-state index contributed by atoms with van der Waals surface area (Å²) in [6.07, 6.45) is 3.72. The van der Waals surface area contributed by atoms with Gasteiger partial charge in [-0.05, 0) is 65.2 Å². The lowest BCUT2D eigenvalue weighted by Gasteiger charge is -2.26. The average Bonchev–Trinajstić information content (AvgIpc) is 3.68. The molecule has 0 N–H and O–H groups in total. The number of hydrogen-bond donors (Lipinski definition) is 0. The molecule has 212 valence electrons. The average molecular weight is 579 g/mol. The third kappa shape index (κ3) is 4.27. The van der Waals surface area contributed by atoms with E-state index in [0.717, 1.165) is 72.1 Å². The predicted octanol–water partition coefficient (Wildman–Crippen LogP) is 11.7. The van der Waals surface area contributed by atoms with Gasteiger partial charge in [-0.3, -0.25) is 4.98 Å². The Morgan fingerprint density at radius 1 is 0.400 bits per heavy atom. The largest absolute Gasteiger partial charge is 0.456 e. The van der Waals surface area contributed by atoms with Crippen LogP contribution in [-0.2, 0) is 0 Å². The van der Waals surface area contributed by atoms with E-state index in [-0.39, 0.29) is 0 Å². The maximum atomic E-state index is 6.29. The summed E-state index contributed by atoms with van der Waals surface area (Å²) < 4.78 is 12.4. The minimum atomic E-state index is 0.789. The standard InChI is InChI=1S/C41H26N2O2/c1-2-8-27(9-3-1)28-14-18-30(19-15-28)43(32-22-23-34-33-10-4-6-12-37(33)44-39(34)24-32)31-20-16-29(17-21-31)36-25-42-26-40-41(36)35-11-5-7-13-38(35)45-40/h1-26H. The minimum Gasteiger partial charge on any atom is -0.456 e. The van der Waals surface area contributed by atoms with E-state index in [4.69, 9.17) is 8.83 Å². The number of benzene rings is 6. The Bertz CT molecular complexity index is 2470. The molecule has 3 aromatic heterocycles. The van der Waals surface area contributed by atoms with Gasteiger partial charge in [0, 0.05) is 56.4 Å². The van der Waals surface area contributed by atoms with Gasteiger partial charge < -0.3 is 13.7 Å². The number of pyridine rings is 1. The summed E-state index contributed by atoms with van der Waals surface area (Å²) in [7, 11) is 0. The topological polar surface area (TPSA) is 42.4 Å². The van der Waals surface area contributed by atoms with Crippen molar-refractivity contribution in [3.8, 4) is 22.3 Å². The molecule has 9 aromatic rings. The van der Waals surface area contributed by atoms with Crippen LogP contribution in [0.4, 0.5) is 17.1 Å². The van der Waals surface area contributed by atoms with Crippen molar-refractivity contribution in [3.63, 3.8) is 0 Å². The molecule has 3 heterocycles. The molecule has 0 aliphatic carbocycles. The molecule has 4 heteroatoms. The summed E-state index contributed by atoms with van der Waals surface area (Å²) in [4.78, 5) is 6.78. The second kappa shape index (κ2) is 10.2. The third-order valence-electron chi connectivity index (χ3n) is 8.58. The minimum absolute atomic E-state index is 0.789. The SMILES string of the molecule is c1ccc(-c2ccc(N(c3ccc(-c4cncc5oc6ccccc6c45)cc3)c3ccc4c(c3)oc3ccccc34)cc2)cc1. The smallest absolute Gasteiger partial charge is 0.154 e. The third-order valence-corrected chi connectivity index (χ3v) is 8.58. The molecule has 45 heavy (non-hydrogen) atoms. The maximum absolute atomic E-state index is 6.29. The summed E-state index contributed by atoms with van der Waals surface area (Å²) >= 11 is 0. The fourth-order valence-electron chi connectivity index (χ4n) is 6.42. The van der Waals surface area contributed by atoms with Gasteiger partial charge in [0.05, 0.1) is 6.20 Å². The first-order chi connectivity index (χ1) is 22.3. The fourth-order valence-corrected chi connectivity index (χ4v) is 6.42. The molecule has 4 nitrogen and oxygen atoms in total. The Balaban J connectivity index is 1.17. The van der Waals surface area contributed by atoms with Crippen molar-refractivity contribution in [2.75, 3.05) is 4.90 Å². The molecule has 0 saturated carbocycles. The van der Waals surface area contributed by atoms with Crippen LogP contribution in [0, 0.1) is 0 Å². The summed E-state index contributed by atoms with van der Waals surface area (Å²) in [6.45, 7) is 0. The zero-order chi connectivity index (χ0) is 29.7. The van der Waals surface area contributed by atoms with Crippen LogP contribution in [0.1, 0.15) is 0 Å². The monoisotopic (exact) mass is 578 g/mol. The van der Waals surface area contributed by atoms with E-state index in [1.807, 2.05) is 42.6 Å². The number of fused-ring (bicyclic) bond motifs is 6. The van der Waals surface area contributed by atoms with Crippen LogP contribution < -0.4 is 4.90 Å². The van der Waals surface area contributed by atoms with E-state index >= 15 is 0 Å². The van der Waals surface area contributed by atoms with Crippen LogP contribution in [0.15, 0.2) is 167 Å². The van der Waals surface area contributed by atoms with Gasteiger partial charge in [0.1, 0.15) is 16.7 Å². The summed E-state index contributed by atoms with van der Waals surface area (Å²) in [5.74, 6) is 0. The molecule has 6 aromatic carbocycles. The first-order valence-corrected chi connectivity index (χ1v) is 15.0. The normalized spacial score (nSPS) is 11.6. The van der Waals surface area contributed by atoms with Crippen molar-refractivity contribution in [2.24, 2.45) is 0 Å². The Hall–Kier alpha value is -6.13. The number of nitrogens with zero attached hydrogens (tertiary/aromatic N) is 2. The Morgan fingerprint density at radius 2 is 0.956 bits per heavy atom. The van der Waals surface area contributed by atoms with Crippen LogP contribution in [0.5, 0.6) is 0 Å². The molecule has 0 amide bonds. The Morgan fingerprint density at radius 3 is 1.71 bits per heavy atom. The molecular weight excluding hydrogens is 552 g/mol. The summed E-state index contributed by atoms with van der Waals surface area (Å²) in [6, 6.07) is 50.7.